The summed E-state index contributed by atoms with van der Waals surface area (Å²) in [6, 6.07) is 12.2. The molecule has 1 aliphatic heterocycles. The number of ether oxygens (including phenoxy) is 1. The van der Waals surface area contributed by atoms with Crippen LogP contribution in [0.5, 0.6) is 11.6 Å². The molecule has 0 atom stereocenters. The predicted molar refractivity (Wildman–Crippen MR) is 131 cm³/mol. The van der Waals surface area contributed by atoms with Crippen molar-refractivity contribution in [2.75, 3.05) is 31.1 Å². The molecule has 8 heteroatoms. The minimum absolute atomic E-state index is 0.144. The maximum Gasteiger partial charge on any atom is 0.231 e. The SMILES string of the molecule is CC(=O)N1CCN(c2ccc(Oc3nc(-c4cccs4)nc4sc(C)c(C)c34)cc2)CC1. The van der Waals surface area contributed by atoms with Crippen LogP contribution in [0, 0.1) is 13.8 Å². The fraction of sp³-hybridized carbons (Fsp3) is 0.292. The van der Waals surface area contributed by atoms with E-state index in [1.165, 1.54) is 4.88 Å². The molecule has 1 fully saturated rings. The minimum Gasteiger partial charge on any atom is -0.438 e. The number of carbonyl (C=O) groups excluding carboxylic acids is 1. The highest BCUT2D eigenvalue weighted by molar-refractivity contribution is 7.18. The summed E-state index contributed by atoms with van der Waals surface area (Å²) in [5, 5.41) is 3.01. The lowest BCUT2D eigenvalue weighted by atomic mass is 10.2. The number of thiophene rings is 2. The Bertz CT molecular complexity index is 1260. The van der Waals surface area contributed by atoms with Crippen LogP contribution in [0.25, 0.3) is 20.9 Å². The molecular formula is C24H24N4O2S2. The first kappa shape index (κ1) is 20.9. The normalized spacial score (nSPS) is 14.2. The predicted octanol–water partition coefficient (Wildman–Crippen LogP) is 5.50. The van der Waals surface area contributed by atoms with E-state index in [1.807, 2.05) is 34.5 Å². The molecule has 1 saturated heterocycles. The Labute approximate surface area is 195 Å². The average molecular weight is 465 g/mol. The quantitative estimate of drug-likeness (QED) is 0.399. The van der Waals surface area contributed by atoms with E-state index in [4.69, 9.17) is 14.7 Å². The van der Waals surface area contributed by atoms with Gasteiger partial charge in [0.25, 0.3) is 0 Å². The largest absolute Gasteiger partial charge is 0.438 e. The Balaban J connectivity index is 1.41. The fourth-order valence-corrected chi connectivity index (χ4v) is 5.60. The van der Waals surface area contributed by atoms with Gasteiger partial charge < -0.3 is 14.5 Å². The number of amides is 1. The van der Waals surface area contributed by atoms with E-state index in [1.54, 1.807) is 29.6 Å². The standard InChI is InChI=1S/C24H24N4O2S2/c1-15-16(2)32-24-21(15)23(25-22(26-24)20-5-4-14-31-20)30-19-8-6-18(7-9-19)28-12-10-27(11-13-28)17(3)29/h4-9,14H,10-13H2,1-3H3. The van der Waals surface area contributed by atoms with Gasteiger partial charge in [0.2, 0.25) is 11.8 Å². The second-order valence-electron chi connectivity index (χ2n) is 7.88. The number of fused-ring (bicyclic) bond motifs is 1. The molecule has 4 heterocycles. The smallest absolute Gasteiger partial charge is 0.231 e. The first-order valence-electron chi connectivity index (χ1n) is 10.6. The number of benzene rings is 1. The van der Waals surface area contributed by atoms with Gasteiger partial charge in [0.1, 0.15) is 10.6 Å². The second-order valence-corrected chi connectivity index (χ2v) is 10.0. The second kappa shape index (κ2) is 8.52. The first-order valence-corrected chi connectivity index (χ1v) is 12.3. The van der Waals surface area contributed by atoms with E-state index in [-0.39, 0.29) is 5.91 Å². The summed E-state index contributed by atoms with van der Waals surface area (Å²) in [5.74, 6) is 2.19. The Morgan fingerprint density at radius 3 is 2.44 bits per heavy atom. The van der Waals surface area contributed by atoms with Crippen molar-refractivity contribution in [2.24, 2.45) is 0 Å². The number of hydrogen-bond donors (Lipinski definition) is 0. The average Bonchev–Trinajstić information content (AvgIpc) is 3.43. The molecule has 0 radical (unpaired) electrons. The van der Waals surface area contributed by atoms with E-state index in [2.05, 4.69) is 30.9 Å². The van der Waals surface area contributed by atoms with Crippen molar-refractivity contribution in [1.82, 2.24) is 14.9 Å². The van der Waals surface area contributed by atoms with Gasteiger partial charge in [-0.05, 0) is 55.1 Å². The summed E-state index contributed by atoms with van der Waals surface area (Å²) >= 11 is 3.30. The molecule has 1 amide bonds. The molecule has 3 aromatic heterocycles. The number of nitrogens with zero attached hydrogens (tertiary/aromatic N) is 4. The minimum atomic E-state index is 0.144. The summed E-state index contributed by atoms with van der Waals surface area (Å²) in [6.07, 6.45) is 0. The van der Waals surface area contributed by atoms with Crippen molar-refractivity contribution in [2.45, 2.75) is 20.8 Å². The van der Waals surface area contributed by atoms with Crippen LogP contribution in [0.15, 0.2) is 41.8 Å². The molecule has 32 heavy (non-hydrogen) atoms. The van der Waals surface area contributed by atoms with Crippen LogP contribution in [0.1, 0.15) is 17.4 Å². The topological polar surface area (TPSA) is 58.6 Å². The monoisotopic (exact) mass is 464 g/mol. The van der Waals surface area contributed by atoms with Gasteiger partial charge in [-0.1, -0.05) is 6.07 Å². The third kappa shape index (κ3) is 3.96. The van der Waals surface area contributed by atoms with Gasteiger partial charge >= 0.3 is 0 Å². The van der Waals surface area contributed by atoms with Crippen LogP contribution < -0.4 is 9.64 Å². The zero-order chi connectivity index (χ0) is 22.2. The summed E-state index contributed by atoms with van der Waals surface area (Å²) in [4.78, 5) is 28.5. The third-order valence-electron chi connectivity index (χ3n) is 5.88. The molecule has 164 valence electrons. The van der Waals surface area contributed by atoms with Crippen LogP contribution in [0.2, 0.25) is 0 Å². The maximum absolute atomic E-state index is 11.6. The van der Waals surface area contributed by atoms with Gasteiger partial charge in [-0.3, -0.25) is 4.79 Å². The summed E-state index contributed by atoms with van der Waals surface area (Å²) in [6.45, 7) is 9.03. The molecule has 4 aromatic rings. The highest BCUT2D eigenvalue weighted by atomic mass is 32.1. The van der Waals surface area contributed by atoms with Crippen molar-refractivity contribution in [1.29, 1.82) is 0 Å². The van der Waals surface area contributed by atoms with Crippen molar-refractivity contribution in [3.05, 3.63) is 52.2 Å². The molecule has 5 rings (SSSR count). The van der Waals surface area contributed by atoms with Gasteiger partial charge in [0, 0.05) is 43.7 Å². The van der Waals surface area contributed by atoms with Gasteiger partial charge in [0.05, 0.1) is 10.3 Å². The Morgan fingerprint density at radius 2 is 1.78 bits per heavy atom. The Morgan fingerprint density at radius 1 is 1.03 bits per heavy atom. The summed E-state index contributed by atoms with van der Waals surface area (Å²) in [5.41, 5.74) is 2.30. The molecule has 0 bridgehead atoms. The maximum atomic E-state index is 11.6. The zero-order valence-electron chi connectivity index (χ0n) is 18.3. The van der Waals surface area contributed by atoms with Crippen molar-refractivity contribution in [3.8, 4) is 22.3 Å². The molecular weight excluding hydrogens is 440 g/mol. The van der Waals surface area contributed by atoms with Crippen molar-refractivity contribution in [3.63, 3.8) is 0 Å². The number of aromatic nitrogens is 2. The lowest BCUT2D eigenvalue weighted by Crippen LogP contribution is -2.48. The zero-order valence-corrected chi connectivity index (χ0v) is 19.9. The highest BCUT2D eigenvalue weighted by Crippen LogP contribution is 2.38. The molecule has 0 saturated carbocycles. The van der Waals surface area contributed by atoms with E-state index in [9.17, 15) is 4.79 Å². The van der Waals surface area contributed by atoms with E-state index in [0.717, 1.165) is 58.3 Å². The van der Waals surface area contributed by atoms with E-state index in [0.29, 0.717) is 11.7 Å². The third-order valence-corrected chi connectivity index (χ3v) is 7.85. The molecule has 0 N–H and O–H groups in total. The van der Waals surface area contributed by atoms with Gasteiger partial charge in [-0.25, -0.2) is 4.98 Å². The number of hydrogen-bond acceptors (Lipinski definition) is 7. The molecule has 0 aliphatic carbocycles. The van der Waals surface area contributed by atoms with Gasteiger partial charge in [-0.2, -0.15) is 4.98 Å². The number of rotatable bonds is 4. The molecule has 0 spiro atoms. The van der Waals surface area contributed by atoms with Crippen LogP contribution in [-0.2, 0) is 4.79 Å². The molecule has 1 aromatic carbocycles. The lowest BCUT2D eigenvalue weighted by molar-refractivity contribution is -0.129. The summed E-state index contributed by atoms with van der Waals surface area (Å²) < 4.78 is 6.30. The Hall–Kier alpha value is -2.97. The Kier molecular flexibility index (Phi) is 5.57. The van der Waals surface area contributed by atoms with E-state index >= 15 is 0 Å². The van der Waals surface area contributed by atoms with E-state index < -0.39 is 0 Å². The van der Waals surface area contributed by atoms with Crippen molar-refractivity contribution >= 4 is 44.5 Å². The number of aryl methyl sites for hydroxylation is 2. The van der Waals surface area contributed by atoms with Crippen molar-refractivity contribution < 1.29 is 9.53 Å². The van der Waals surface area contributed by atoms with Crippen LogP contribution in [-0.4, -0.2) is 47.0 Å². The molecule has 6 nitrogen and oxygen atoms in total. The van der Waals surface area contributed by atoms with Gasteiger partial charge in [0.15, 0.2) is 5.82 Å². The first-order chi connectivity index (χ1) is 15.5. The lowest BCUT2D eigenvalue weighted by Gasteiger charge is -2.35. The van der Waals surface area contributed by atoms with Crippen LogP contribution >= 0.6 is 22.7 Å². The summed E-state index contributed by atoms with van der Waals surface area (Å²) in [7, 11) is 0. The van der Waals surface area contributed by atoms with Gasteiger partial charge in [-0.15, -0.1) is 22.7 Å². The highest BCUT2D eigenvalue weighted by Gasteiger charge is 2.20. The van der Waals surface area contributed by atoms with Crippen LogP contribution in [0.3, 0.4) is 0 Å². The van der Waals surface area contributed by atoms with Crippen LogP contribution in [0.4, 0.5) is 5.69 Å². The fourth-order valence-electron chi connectivity index (χ4n) is 3.92. The number of anilines is 1. The number of piperazine rings is 1. The molecule has 0 unspecified atom stereocenters. The number of carbonyl (C=O) groups is 1. The molecule has 1 aliphatic rings.